The third-order valence-electron chi connectivity index (χ3n) is 3.51. The molecule has 0 spiro atoms. The number of benzene rings is 2. The number of carbonyl (C=O) groups is 1. The van der Waals surface area contributed by atoms with Crippen molar-refractivity contribution >= 4 is 21.7 Å². The van der Waals surface area contributed by atoms with Crippen molar-refractivity contribution in [3.63, 3.8) is 0 Å². The molecule has 6 nitrogen and oxygen atoms in total. The molecule has 0 unspecified atom stereocenters. The van der Waals surface area contributed by atoms with Crippen LogP contribution in [0.4, 0.5) is 5.69 Å². The van der Waals surface area contributed by atoms with Crippen LogP contribution in [-0.2, 0) is 19.6 Å². The lowest BCUT2D eigenvalue weighted by molar-refractivity contribution is -0.141. The van der Waals surface area contributed by atoms with Crippen LogP contribution in [0.15, 0.2) is 59.5 Å². The summed E-state index contributed by atoms with van der Waals surface area (Å²) in [5.41, 5.74) is 0.366. The van der Waals surface area contributed by atoms with E-state index in [0.717, 1.165) is 10.7 Å². The van der Waals surface area contributed by atoms with Crippen molar-refractivity contribution in [3.8, 4) is 5.75 Å². The maximum absolute atomic E-state index is 13.0. The topological polar surface area (TPSA) is 72.9 Å². The molecule has 0 heterocycles. The van der Waals surface area contributed by atoms with Crippen LogP contribution in [0.25, 0.3) is 0 Å². The van der Waals surface area contributed by atoms with Crippen LogP contribution in [0.1, 0.15) is 20.3 Å². The molecule has 0 aliphatic carbocycles. The summed E-state index contributed by atoms with van der Waals surface area (Å²) in [6.07, 6.45) is 0.874. The third-order valence-corrected chi connectivity index (χ3v) is 5.29. The SMILES string of the molecule is CCCOc1ccc(N(CC(=O)OCC)S(=O)(=O)c2ccccc2)cc1. The number of hydrogen-bond acceptors (Lipinski definition) is 5. The van der Waals surface area contributed by atoms with Gasteiger partial charge in [-0.15, -0.1) is 0 Å². The lowest BCUT2D eigenvalue weighted by Gasteiger charge is -2.23. The average molecular weight is 377 g/mol. The molecule has 0 radical (unpaired) electrons. The smallest absolute Gasteiger partial charge is 0.326 e. The Bertz CT molecular complexity index is 804. The van der Waals surface area contributed by atoms with Crippen molar-refractivity contribution in [3.05, 3.63) is 54.6 Å². The van der Waals surface area contributed by atoms with Gasteiger partial charge < -0.3 is 9.47 Å². The zero-order chi connectivity index (χ0) is 19.0. The van der Waals surface area contributed by atoms with Crippen LogP contribution in [0.5, 0.6) is 5.75 Å². The molecule has 0 aliphatic heterocycles. The number of anilines is 1. The first-order chi connectivity index (χ1) is 12.5. The van der Waals surface area contributed by atoms with Crippen LogP contribution >= 0.6 is 0 Å². The fourth-order valence-corrected chi connectivity index (χ4v) is 3.72. The van der Waals surface area contributed by atoms with Gasteiger partial charge in [-0.1, -0.05) is 25.1 Å². The Labute approximate surface area is 154 Å². The first kappa shape index (κ1) is 19.8. The second kappa shape index (κ2) is 9.24. The van der Waals surface area contributed by atoms with Gasteiger partial charge in [0.2, 0.25) is 0 Å². The number of carbonyl (C=O) groups excluding carboxylic acids is 1. The molecular weight excluding hydrogens is 354 g/mol. The minimum atomic E-state index is -3.91. The number of sulfonamides is 1. The van der Waals surface area contributed by atoms with Crippen molar-refractivity contribution in [1.29, 1.82) is 0 Å². The van der Waals surface area contributed by atoms with Gasteiger partial charge in [0, 0.05) is 0 Å². The van der Waals surface area contributed by atoms with Crippen LogP contribution in [0.2, 0.25) is 0 Å². The third kappa shape index (κ3) is 4.98. The number of hydrogen-bond donors (Lipinski definition) is 0. The molecule has 0 saturated carbocycles. The summed E-state index contributed by atoms with van der Waals surface area (Å²) < 4.78 is 37.5. The van der Waals surface area contributed by atoms with Crippen molar-refractivity contribution < 1.29 is 22.7 Å². The van der Waals surface area contributed by atoms with E-state index in [-0.39, 0.29) is 11.5 Å². The van der Waals surface area contributed by atoms with Gasteiger partial charge in [0.05, 0.1) is 23.8 Å². The van der Waals surface area contributed by atoms with Gasteiger partial charge in [0.1, 0.15) is 12.3 Å². The second-order valence-corrected chi connectivity index (χ2v) is 7.33. The summed E-state index contributed by atoms with van der Waals surface area (Å²) in [7, 11) is -3.91. The Hall–Kier alpha value is -2.54. The van der Waals surface area contributed by atoms with E-state index >= 15 is 0 Å². The van der Waals surface area contributed by atoms with Crippen molar-refractivity contribution in [2.24, 2.45) is 0 Å². The minimum Gasteiger partial charge on any atom is -0.494 e. The zero-order valence-corrected chi connectivity index (χ0v) is 15.7. The Morgan fingerprint density at radius 2 is 1.65 bits per heavy atom. The number of ether oxygens (including phenoxy) is 2. The highest BCUT2D eigenvalue weighted by Crippen LogP contribution is 2.26. The van der Waals surface area contributed by atoms with Crippen molar-refractivity contribution in [2.75, 3.05) is 24.1 Å². The van der Waals surface area contributed by atoms with Crippen molar-refractivity contribution in [2.45, 2.75) is 25.2 Å². The fourth-order valence-electron chi connectivity index (χ4n) is 2.29. The Morgan fingerprint density at radius 3 is 2.23 bits per heavy atom. The normalized spacial score (nSPS) is 11.0. The van der Waals surface area contributed by atoms with E-state index in [1.165, 1.54) is 12.1 Å². The van der Waals surface area contributed by atoms with Gasteiger partial charge in [-0.2, -0.15) is 0 Å². The van der Waals surface area contributed by atoms with Gasteiger partial charge in [-0.05, 0) is 49.7 Å². The summed E-state index contributed by atoms with van der Waals surface area (Å²) in [5, 5.41) is 0. The molecule has 0 amide bonds. The Morgan fingerprint density at radius 1 is 1.00 bits per heavy atom. The molecule has 0 saturated heterocycles. The molecule has 0 atom stereocenters. The molecule has 2 aromatic carbocycles. The molecule has 0 N–H and O–H groups in total. The lowest BCUT2D eigenvalue weighted by atomic mass is 10.3. The fraction of sp³-hybridized carbons (Fsp3) is 0.316. The minimum absolute atomic E-state index is 0.107. The van der Waals surface area contributed by atoms with E-state index in [4.69, 9.17) is 9.47 Å². The summed E-state index contributed by atoms with van der Waals surface area (Å²) in [4.78, 5) is 12.1. The van der Waals surface area contributed by atoms with Gasteiger partial charge in [0.25, 0.3) is 10.0 Å². The highest BCUT2D eigenvalue weighted by molar-refractivity contribution is 7.92. The van der Waals surface area contributed by atoms with E-state index in [1.54, 1.807) is 49.4 Å². The van der Waals surface area contributed by atoms with Crippen LogP contribution in [0.3, 0.4) is 0 Å². The highest BCUT2D eigenvalue weighted by Gasteiger charge is 2.27. The molecule has 0 fully saturated rings. The van der Waals surface area contributed by atoms with Gasteiger partial charge in [-0.3, -0.25) is 9.10 Å². The van der Waals surface area contributed by atoms with Gasteiger partial charge in [0.15, 0.2) is 0 Å². The van der Waals surface area contributed by atoms with E-state index in [0.29, 0.717) is 18.0 Å². The quantitative estimate of drug-likeness (QED) is 0.627. The van der Waals surface area contributed by atoms with E-state index in [9.17, 15) is 13.2 Å². The van der Waals surface area contributed by atoms with E-state index in [2.05, 4.69) is 0 Å². The Kier molecular flexibility index (Phi) is 7.03. The predicted octanol–water partition coefficient (Wildman–Crippen LogP) is 3.23. The van der Waals surface area contributed by atoms with Gasteiger partial charge in [-0.25, -0.2) is 8.42 Å². The first-order valence-corrected chi connectivity index (χ1v) is 9.89. The van der Waals surface area contributed by atoms with E-state index in [1.807, 2.05) is 6.92 Å². The molecule has 0 bridgehead atoms. The molecule has 2 rings (SSSR count). The first-order valence-electron chi connectivity index (χ1n) is 8.45. The molecule has 7 heteroatoms. The summed E-state index contributed by atoms with van der Waals surface area (Å²) in [6.45, 7) is 4.03. The number of nitrogens with zero attached hydrogens (tertiary/aromatic N) is 1. The summed E-state index contributed by atoms with van der Waals surface area (Å²) in [6, 6.07) is 14.6. The molecule has 0 aromatic heterocycles. The van der Waals surface area contributed by atoms with E-state index < -0.39 is 22.5 Å². The monoisotopic (exact) mass is 377 g/mol. The average Bonchev–Trinajstić information content (AvgIpc) is 2.66. The summed E-state index contributed by atoms with van der Waals surface area (Å²) in [5.74, 6) is 0.0297. The summed E-state index contributed by atoms with van der Waals surface area (Å²) >= 11 is 0. The second-order valence-electron chi connectivity index (χ2n) is 5.47. The molecule has 26 heavy (non-hydrogen) atoms. The van der Waals surface area contributed by atoms with Crippen molar-refractivity contribution in [1.82, 2.24) is 0 Å². The Balaban J connectivity index is 2.36. The van der Waals surface area contributed by atoms with Crippen LogP contribution in [-0.4, -0.2) is 34.1 Å². The molecule has 2 aromatic rings. The molecule has 0 aliphatic rings. The standard InChI is InChI=1S/C19H23NO5S/c1-3-14-25-17-12-10-16(11-13-17)20(15-19(21)24-4-2)26(22,23)18-8-6-5-7-9-18/h5-13H,3-4,14-15H2,1-2H3. The van der Waals surface area contributed by atoms with Gasteiger partial charge >= 0.3 is 5.97 Å². The zero-order valence-electron chi connectivity index (χ0n) is 14.9. The number of rotatable bonds is 9. The molecule has 140 valence electrons. The largest absolute Gasteiger partial charge is 0.494 e. The number of esters is 1. The van der Waals surface area contributed by atoms with Crippen LogP contribution < -0.4 is 9.04 Å². The maximum Gasteiger partial charge on any atom is 0.326 e. The van der Waals surface area contributed by atoms with Crippen LogP contribution in [0, 0.1) is 0 Å². The highest BCUT2D eigenvalue weighted by atomic mass is 32.2. The lowest BCUT2D eigenvalue weighted by Crippen LogP contribution is -2.36. The molecular formula is C19H23NO5S. The predicted molar refractivity (Wildman–Crippen MR) is 99.8 cm³/mol. The maximum atomic E-state index is 13.0.